The van der Waals surface area contributed by atoms with Crippen molar-refractivity contribution in [3.63, 3.8) is 0 Å². The molecule has 1 heterocycles. The first-order valence-corrected chi connectivity index (χ1v) is 10.7. The zero-order valence-corrected chi connectivity index (χ0v) is 18.6. The fourth-order valence-corrected chi connectivity index (χ4v) is 3.08. The third-order valence-corrected chi connectivity index (χ3v) is 4.62. The van der Waals surface area contributed by atoms with Gasteiger partial charge < -0.3 is 20.4 Å². The summed E-state index contributed by atoms with van der Waals surface area (Å²) in [5.74, 6) is -0.233. The molecule has 7 nitrogen and oxygen atoms in total. The van der Waals surface area contributed by atoms with Gasteiger partial charge in [0.05, 0.1) is 6.26 Å². The van der Waals surface area contributed by atoms with Crippen LogP contribution in [0, 0.1) is 5.92 Å². The molecule has 0 atom stereocenters. The molecule has 3 aromatic rings. The lowest BCUT2D eigenvalue weighted by Crippen LogP contribution is -2.34. The van der Waals surface area contributed by atoms with Crippen LogP contribution in [0.1, 0.15) is 41.9 Å². The molecule has 7 heteroatoms. The fourth-order valence-electron chi connectivity index (χ4n) is 3.08. The maximum absolute atomic E-state index is 12.9. The van der Waals surface area contributed by atoms with E-state index in [4.69, 9.17) is 4.42 Å². The van der Waals surface area contributed by atoms with Gasteiger partial charge in [-0.3, -0.25) is 14.4 Å². The van der Waals surface area contributed by atoms with Crippen LogP contribution in [0.5, 0.6) is 0 Å². The molecule has 3 rings (SSSR count). The molecule has 3 N–H and O–H groups in total. The van der Waals surface area contributed by atoms with Gasteiger partial charge >= 0.3 is 0 Å². The predicted molar refractivity (Wildman–Crippen MR) is 127 cm³/mol. The Morgan fingerprint density at radius 1 is 0.970 bits per heavy atom. The smallest absolute Gasteiger partial charge is 0.268 e. The van der Waals surface area contributed by atoms with Gasteiger partial charge in [-0.05, 0) is 47.9 Å². The first kappa shape index (κ1) is 23.5. The molecule has 0 saturated carbocycles. The van der Waals surface area contributed by atoms with Gasteiger partial charge in [0.2, 0.25) is 5.91 Å². The monoisotopic (exact) mass is 445 g/mol. The normalized spacial score (nSPS) is 11.2. The van der Waals surface area contributed by atoms with Crippen molar-refractivity contribution in [2.75, 3.05) is 5.32 Å². The van der Waals surface area contributed by atoms with Gasteiger partial charge in [0.1, 0.15) is 11.5 Å². The molecule has 0 unspecified atom stereocenters. The Bertz CT molecular complexity index is 1120. The van der Waals surface area contributed by atoms with Gasteiger partial charge in [-0.1, -0.05) is 44.2 Å². The summed E-state index contributed by atoms with van der Waals surface area (Å²) >= 11 is 0. The molecule has 1 aromatic heterocycles. The van der Waals surface area contributed by atoms with Crippen molar-refractivity contribution in [3.8, 4) is 0 Å². The van der Waals surface area contributed by atoms with Crippen LogP contribution < -0.4 is 16.0 Å². The third-order valence-electron chi connectivity index (χ3n) is 4.62. The van der Waals surface area contributed by atoms with Crippen LogP contribution in [0.4, 0.5) is 5.69 Å². The number of hydrogen-bond acceptors (Lipinski definition) is 4. The highest BCUT2D eigenvalue weighted by atomic mass is 16.3. The summed E-state index contributed by atoms with van der Waals surface area (Å²) in [5.41, 5.74) is 1.95. The summed E-state index contributed by atoms with van der Waals surface area (Å²) in [7, 11) is 0. The molecular formula is C26H27N3O4. The van der Waals surface area contributed by atoms with E-state index in [1.165, 1.54) is 12.3 Å². The lowest BCUT2D eigenvalue weighted by molar-refractivity contribution is -0.118. The molecule has 0 aliphatic heterocycles. The van der Waals surface area contributed by atoms with Crippen molar-refractivity contribution in [1.29, 1.82) is 0 Å². The van der Waals surface area contributed by atoms with Gasteiger partial charge in [-0.25, -0.2) is 0 Å². The minimum absolute atomic E-state index is 0.0557. The number of furan rings is 1. The second-order valence-electron chi connectivity index (χ2n) is 7.92. The standard InChI is InChI=1S/C26H27N3O4/c1-18(2)14-24(30)28-21-11-6-8-19(15-21)17-27-26(32)23(16-22-12-7-13-33-22)29-25(31)20-9-4-3-5-10-20/h3-13,15-16,18H,14,17H2,1-2H3,(H,27,32)(H,28,30)(H,29,31). The summed E-state index contributed by atoms with van der Waals surface area (Å²) in [5, 5.41) is 8.33. The lowest BCUT2D eigenvalue weighted by atomic mass is 10.1. The van der Waals surface area contributed by atoms with Gasteiger partial charge in [0.15, 0.2) is 0 Å². The van der Waals surface area contributed by atoms with Gasteiger partial charge in [-0.15, -0.1) is 0 Å². The first-order valence-electron chi connectivity index (χ1n) is 10.7. The highest BCUT2D eigenvalue weighted by Crippen LogP contribution is 2.13. The second kappa shape index (κ2) is 11.5. The maximum Gasteiger partial charge on any atom is 0.268 e. The maximum atomic E-state index is 12.9. The molecule has 0 spiro atoms. The van der Waals surface area contributed by atoms with Crippen LogP contribution in [0.2, 0.25) is 0 Å². The second-order valence-corrected chi connectivity index (χ2v) is 7.92. The Kier molecular flexibility index (Phi) is 8.18. The van der Waals surface area contributed by atoms with Crippen LogP contribution in [-0.4, -0.2) is 17.7 Å². The van der Waals surface area contributed by atoms with Crippen molar-refractivity contribution in [2.24, 2.45) is 5.92 Å². The Morgan fingerprint density at radius 3 is 2.45 bits per heavy atom. The molecule has 0 fully saturated rings. The third kappa shape index (κ3) is 7.50. The van der Waals surface area contributed by atoms with Crippen molar-refractivity contribution in [1.82, 2.24) is 10.6 Å². The summed E-state index contributed by atoms with van der Waals surface area (Å²) in [6.45, 7) is 4.18. The van der Waals surface area contributed by atoms with E-state index in [2.05, 4.69) is 16.0 Å². The van der Waals surface area contributed by atoms with Crippen molar-refractivity contribution >= 4 is 29.5 Å². The highest BCUT2D eigenvalue weighted by Gasteiger charge is 2.15. The van der Waals surface area contributed by atoms with E-state index in [9.17, 15) is 14.4 Å². The Labute approximate surface area is 192 Å². The number of carbonyl (C=O) groups excluding carboxylic acids is 3. The van der Waals surface area contributed by atoms with Crippen LogP contribution >= 0.6 is 0 Å². The van der Waals surface area contributed by atoms with Gasteiger partial charge in [0, 0.05) is 30.3 Å². The zero-order chi connectivity index (χ0) is 23.6. The van der Waals surface area contributed by atoms with E-state index in [1.807, 2.05) is 32.0 Å². The van der Waals surface area contributed by atoms with E-state index in [1.54, 1.807) is 48.5 Å². The Hall–Kier alpha value is -4.13. The van der Waals surface area contributed by atoms with Crippen LogP contribution in [0.3, 0.4) is 0 Å². The number of carbonyl (C=O) groups is 3. The molecular weight excluding hydrogens is 418 g/mol. The molecule has 3 amide bonds. The van der Waals surface area contributed by atoms with E-state index in [0.717, 1.165) is 5.56 Å². The average Bonchev–Trinajstić information content (AvgIpc) is 3.30. The Balaban J connectivity index is 1.68. The van der Waals surface area contributed by atoms with Crippen LogP contribution in [0.25, 0.3) is 6.08 Å². The summed E-state index contributed by atoms with van der Waals surface area (Å²) in [6.07, 6.45) is 3.39. The van der Waals surface area contributed by atoms with Crippen molar-refractivity contribution in [3.05, 3.63) is 95.6 Å². The van der Waals surface area contributed by atoms with E-state index in [-0.39, 0.29) is 24.1 Å². The number of benzene rings is 2. The predicted octanol–water partition coefficient (Wildman–Crippen LogP) is 4.35. The minimum atomic E-state index is -0.468. The topological polar surface area (TPSA) is 100 Å². The molecule has 0 bridgehead atoms. The first-order chi connectivity index (χ1) is 15.9. The van der Waals surface area contributed by atoms with E-state index < -0.39 is 11.8 Å². The molecule has 2 aromatic carbocycles. The fraction of sp³-hybridized carbons (Fsp3) is 0.192. The molecule has 170 valence electrons. The van der Waals surface area contributed by atoms with E-state index in [0.29, 0.717) is 23.4 Å². The highest BCUT2D eigenvalue weighted by molar-refractivity contribution is 6.05. The zero-order valence-electron chi connectivity index (χ0n) is 18.6. The number of rotatable bonds is 9. The number of hydrogen-bond donors (Lipinski definition) is 3. The number of amides is 3. The number of anilines is 1. The molecule has 0 radical (unpaired) electrons. The van der Waals surface area contributed by atoms with Crippen molar-refractivity contribution in [2.45, 2.75) is 26.8 Å². The molecule has 0 saturated heterocycles. The minimum Gasteiger partial charge on any atom is -0.465 e. The lowest BCUT2D eigenvalue weighted by Gasteiger charge is -2.12. The van der Waals surface area contributed by atoms with E-state index >= 15 is 0 Å². The summed E-state index contributed by atoms with van der Waals surface area (Å²) < 4.78 is 5.30. The molecule has 33 heavy (non-hydrogen) atoms. The SMILES string of the molecule is CC(C)CC(=O)Nc1cccc(CNC(=O)C(=Cc2ccco2)NC(=O)c2ccccc2)c1. The average molecular weight is 446 g/mol. The van der Waals surface area contributed by atoms with Crippen molar-refractivity contribution < 1.29 is 18.8 Å². The largest absolute Gasteiger partial charge is 0.465 e. The molecule has 0 aliphatic rings. The van der Waals surface area contributed by atoms with Crippen LogP contribution in [0.15, 0.2) is 83.1 Å². The Morgan fingerprint density at radius 2 is 1.76 bits per heavy atom. The summed E-state index contributed by atoms with van der Waals surface area (Å²) in [4.78, 5) is 37.5. The van der Waals surface area contributed by atoms with Crippen LogP contribution in [-0.2, 0) is 16.1 Å². The summed E-state index contributed by atoms with van der Waals surface area (Å²) in [6, 6.07) is 19.3. The van der Waals surface area contributed by atoms with Gasteiger partial charge in [0.25, 0.3) is 11.8 Å². The molecule has 0 aliphatic carbocycles. The number of nitrogens with one attached hydrogen (secondary N) is 3. The quantitative estimate of drug-likeness (QED) is 0.426. The van der Waals surface area contributed by atoms with Gasteiger partial charge in [-0.2, -0.15) is 0 Å².